The van der Waals surface area contributed by atoms with Crippen molar-refractivity contribution in [1.82, 2.24) is 20.2 Å². The van der Waals surface area contributed by atoms with Gasteiger partial charge in [0.2, 0.25) is 0 Å². The van der Waals surface area contributed by atoms with E-state index in [4.69, 9.17) is 22.3 Å². The Balaban J connectivity index is 0.000000286. The highest BCUT2D eigenvalue weighted by atomic mass is 16.3. The van der Waals surface area contributed by atoms with E-state index in [-0.39, 0.29) is 18.0 Å². The number of hydrogen-bond donors (Lipinski definition) is 5. The van der Waals surface area contributed by atoms with Gasteiger partial charge in [-0.1, -0.05) is 42.5 Å². The lowest BCUT2D eigenvalue weighted by Gasteiger charge is -2.14. The van der Waals surface area contributed by atoms with Gasteiger partial charge < -0.3 is 22.3 Å². The number of aromatic amines is 1. The number of hydrogen-bond acceptors (Lipinski definition) is 7. The number of aryl methyl sites for hydroxylation is 1. The van der Waals surface area contributed by atoms with Crippen LogP contribution in [0.3, 0.4) is 0 Å². The molecule has 0 fully saturated rings. The number of aliphatic hydroxyl groups excluding tert-OH is 1. The van der Waals surface area contributed by atoms with Crippen LogP contribution in [0.5, 0.6) is 0 Å². The predicted octanol–water partition coefficient (Wildman–Crippen LogP) is 3.48. The number of anilines is 2. The molecule has 36 heavy (non-hydrogen) atoms. The van der Waals surface area contributed by atoms with Crippen molar-refractivity contribution in [3.63, 3.8) is 0 Å². The molecule has 1 amide bonds. The minimum Gasteiger partial charge on any atom is -0.396 e. The molecule has 0 saturated carbocycles. The van der Waals surface area contributed by atoms with Crippen molar-refractivity contribution in [1.29, 1.82) is 0 Å². The number of rotatable bonds is 5. The van der Waals surface area contributed by atoms with Crippen LogP contribution in [0.1, 0.15) is 21.6 Å². The van der Waals surface area contributed by atoms with Crippen LogP contribution < -0.4 is 17.2 Å². The number of pyridine rings is 2. The molecule has 182 valence electrons. The lowest BCUT2D eigenvalue weighted by molar-refractivity contribution is 0.0996. The molecule has 0 spiro atoms. The summed E-state index contributed by atoms with van der Waals surface area (Å²) < 4.78 is 0. The molecule has 0 radical (unpaired) electrons. The molecule has 3 heterocycles. The molecule has 0 unspecified atom stereocenters. The van der Waals surface area contributed by atoms with Crippen molar-refractivity contribution in [3.8, 4) is 22.5 Å². The Labute approximate surface area is 208 Å². The number of fused-ring (bicyclic) bond motifs is 1. The number of nitrogen functional groups attached to an aromatic ring is 2. The van der Waals surface area contributed by atoms with Gasteiger partial charge in [0.25, 0.3) is 5.91 Å². The molecule has 9 nitrogen and oxygen atoms in total. The summed E-state index contributed by atoms with van der Waals surface area (Å²) in [6.07, 6.45) is 2.49. The molecule has 0 aliphatic rings. The first-order chi connectivity index (χ1) is 17.4. The zero-order chi connectivity index (χ0) is 25.7. The minimum absolute atomic E-state index is 0.00776. The van der Waals surface area contributed by atoms with Gasteiger partial charge in [0.05, 0.1) is 28.8 Å². The smallest absolute Gasteiger partial charge is 0.269 e. The van der Waals surface area contributed by atoms with Crippen molar-refractivity contribution in [3.05, 3.63) is 89.7 Å². The maximum atomic E-state index is 12.0. The van der Waals surface area contributed by atoms with Crippen LogP contribution in [0.4, 0.5) is 11.5 Å². The molecular weight excluding hydrogens is 454 g/mol. The van der Waals surface area contributed by atoms with E-state index < -0.39 is 5.91 Å². The molecule has 3 aromatic heterocycles. The number of carbonyl (C=O) groups is 1. The summed E-state index contributed by atoms with van der Waals surface area (Å²) in [4.78, 5) is 20.6. The number of nitrogens with zero attached hydrogens (tertiary/aromatic N) is 3. The summed E-state index contributed by atoms with van der Waals surface area (Å²) in [5.74, 6) is -0.363. The summed E-state index contributed by atoms with van der Waals surface area (Å²) >= 11 is 0. The fourth-order valence-corrected chi connectivity index (χ4v) is 3.93. The molecule has 0 aliphatic heterocycles. The van der Waals surface area contributed by atoms with Crippen molar-refractivity contribution in [2.45, 2.75) is 13.3 Å². The summed E-state index contributed by atoms with van der Waals surface area (Å²) in [6.45, 7) is 2.20. The minimum atomic E-state index is -0.712. The molecule has 9 heteroatoms. The monoisotopic (exact) mass is 481 g/mol. The number of H-pyrrole nitrogens is 1. The SMILES string of the molecule is Cc1ccc2[nH]ncc2c1-c1cc(-c2cccc(N)n2)nc(C(N)=O)c1N.OCCc1ccccc1. The van der Waals surface area contributed by atoms with Crippen LogP contribution >= 0.6 is 0 Å². The number of carbonyl (C=O) groups excluding carboxylic acids is 1. The van der Waals surface area contributed by atoms with E-state index in [2.05, 4.69) is 20.2 Å². The van der Waals surface area contributed by atoms with E-state index in [9.17, 15) is 4.79 Å². The van der Waals surface area contributed by atoms with Crippen molar-refractivity contribution >= 4 is 28.3 Å². The van der Waals surface area contributed by atoms with Crippen molar-refractivity contribution < 1.29 is 9.90 Å². The highest BCUT2D eigenvalue weighted by Crippen LogP contribution is 2.37. The van der Waals surface area contributed by atoms with E-state index in [1.54, 1.807) is 30.5 Å². The van der Waals surface area contributed by atoms with Crippen molar-refractivity contribution in [2.75, 3.05) is 18.1 Å². The highest BCUT2D eigenvalue weighted by molar-refractivity contribution is 6.05. The summed E-state index contributed by atoms with van der Waals surface area (Å²) in [7, 11) is 0. The zero-order valence-corrected chi connectivity index (χ0v) is 19.8. The first kappa shape index (κ1) is 24.4. The van der Waals surface area contributed by atoms with Gasteiger partial charge in [0.1, 0.15) is 5.82 Å². The van der Waals surface area contributed by atoms with Crippen LogP contribution in [0.25, 0.3) is 33.4 Å². The number of aromatic nitrogens is 4. The predicted molar refractivity (Wildman–Crippen MR) is 142 cm³/mol. The largest absolute Gasteiger partial charge is 0.396 e. The van der Waals surface area contributed by atoms with E-state index in [0.717, 1.165) is 28.5 Å². The molecule has 8 N–H and O–H groups in total. The van der Waals surface area contributed by atoms with Gasteiger partial charge >= 0.3 is 0 Å². The zero-order valence-electron chi connectivity index (χ0n) is 19.8. The van der Waals surface area contributed by atoms with Crippen LogP contribution in [-0.2, 0) is 6.42 Å². The van der Waals surface area contributed by atoms with Gasteiger partial charge in [-0.2, -0.15) is 5.10 Å². The number of amides is 1. The third kappa shape index (κ3) is 5.16. The number of primary amides is 1. The van der Waals surface area contributed by atoms with Crippen molar-refractivity contribution in [2.24, 2.45) is 5.73 Å². The molecule has 5 rings (SSSR count). The lowest BCUT2D eigenvalue weighted by Crippen LogP contribution is -2.17. The van der Waals surface area contributed by atoms with Gasteiger partial charge in [-0.15, -0.1) is 0 Å². The topological polar surface area (TPSA) is 170 Å². The first-order valence-electron chi connectivity index (χ1n) is 11.3. The second-order valence-electron chi connectivity index (χ2n) is 8.18. The van der Waals surface area contributed by atoms with Gasteiger partial charge in [0, 0.05) is 17.6 Å². The number of nitrogens with one attached hydrogen (secondary N) is 1. The van der Waals surface area contributed by atoms with E-state index in [1.807, 2.05) is 49.4 Å². The average molecular weight is 482 g/mol. The van der Waals surface area contributed by atoms with Gasteiger partial charge in [-0.3, -0.25) is 9.89 Å². The Morgan fingerprint density at radius 2 is 1.75 bits per heavy atom. The summed E-state index contributed by atoms with van der Waals surface area (Å²) in [5, 5.41) is 16.5. The molecule has 0 bridgehead atoms. The fourth-order valence-electron chi connectivity index (χ4n) is 3.93. The Kier molecular flexibility index (Phi) is 7.22. The summed E-state index contributed by atoms with van der Waals surface area (Å²) in [5.41, 5.74) is 23.3. The number of nitrogens with two attached hydrogens (primary N) is 3. The Morgan fingerprint density at radius 1 is 0.972 bits per heavy atom. The molecule has 5 aromatic rings. The second kappa shape index (κ2) is 10.7. The van der Waals surface area contributed by atoms with Gasteiger partial charge in [-0.05, 0) is 54.3 Å². The summed E-state index contributed by atoms with van der Waals surface area (Å²) in [6, 6.07) is 20.8. The highest BCUT2D eigenvalue weighted by Gasteiger charge is 2.20. The third-order valence-corrected chi connectivity index (χ3v) is 5.67. The van der Waals surface area contributed by atoms with E-state index >= 15 is 0 Å². The van der Waals surface area contributed by atoms with Crippen LogP contribution in [0, 0.1) is 6.92 Å². The lowest BCUT2D eigenvalue weighted by atomic mass is 9.94. The normalized spacial score (nSPS) is 10.6. The van der Waals surface area contributed by atoms with Gasteiger partial charge in [0.15, 0.2) is 5.69 Å². The average Bonchev–Trinajstić information content (AvgIpc) is 3.34. The van der Waals surface area contributed by atoms with E-state index in [0.29, 0.717) is 22.8 Å². The van der Waals surface area contributed by atoms with Crippen LogP contribution in [0.15, 0.2) is 72.9 Å². The Hall–Kier alpha value is -4.76. The molecule has 0 atom stereocenters. The number of benzene rings is 2. The van der Waals surface area contributed by atoms with Gasteiger partial charge in [-0.25, -0.2) is 9.97 Å². The quantitative estimate of drug-likeness (QED) is 0.256. The second-order valence-corrected chi connectivity index (χ2v) is 8.18. The van der Waals surface area contributed by atoms with Crippen LogP contribution in [-0.4, -0.2) is 37.8 Å². The maximum Gasteiger partial charge on any atom is 0.269 e. The molecule has 0 saturated heterocycles. The molecule has 2 aromatic carbocycles. The molecule has 0 aliphatic carbocycles. The Bertz CT molecular complexity index is 1510. The third-order valence-electron chi connectivity index (χ3n) is 5.67. The van der Waals surface area contributed by atoms with Crippen LogP contribution in [0.2, 0.25) is 0 Å². The Morgan fingerprint density at radius 3 is 2.44 bits per heavy atom. The number of aliphatic hydroxyl groups is 1. The first-order valence-corrected chi connectivity index (χ1v) is 11.3. The maximum absolute atomic E-state index is 12.0. The fraction of sp³-hybridized carbons (Fsp3) is 0.111. The standard InChI is InChI=1S/C19H17N7O.C8H10O/c1-9-5-6-12-11(8-23-26-12)16(9)10-7-14(13-3-2-4-15(20)24-13)25-18(17(10)21)19(22)27;9-7-6-8-4-2-1-3-5-8/h2-8H,21H2,1H3,(H2,20,24)(H2,22,27)(H,23,26);1-5,9H,6-7H2. The van der Waals surface area contributed by atoms with E-state index in [1.165, 1.54) is 5.56 Å². The molecular formula is C27H27N7O2.